The van der Waals surface area contributed by atoms with E-state index in [0.29, 0.717) is 38.5 Å². The van der Waals surface area contributed by atoms with E-state index in [1.807, 2.05) is 6.92 Å². The molecule has 0 aromatic heterocycles. The lowest BCUT2D eigenvalue weighted by Crippen LogP contribution is -2.68. The smallest absolute Gasteiger partial charge is 0.315 e. The third kappa shape index (κ3) is 12.8. The minimum atomic E-state index is -2.05. The average Bonchev–Trinajstić information content (AvgIpc) is 0.671. The van der Waals surface area contributed by atoms with Gasteiger partial charge in [0, 0.05) is 5.92 Å². The predicted octanol–water partition coefficient (Wildman–Crippen LogP) is -5.75. The van der Waals surface area contributed by atoms with Gasteiger partial charge in [-0.15, -0.1) is 0 Å². The van der Waals surface area contributed by atoms with Crippen LogP contribution in [0.1, 0.15) is 113 Å². The van der Waals surface area contributed by atoms with Gasteiger partial charge in [-0.1, -0.05) is 53.2 Å². The van der Waals surface area contributed by atoms with Crippen molar-refractivity contribution in [2.45, 2.75) is 303 Å². The molecule has 19 N–H and O–H groups in total. The summed E-state index contributed by atoms with van der Waals surface area (Å²) in [4.78, 5) is 15.3. The molecular weight excluding hydrogens is 1290 g/mol. The van der Waals surface area contributed by atoms with Crippen LogP contribution in [-0.2, 0) is 61.6 Å². The Hall–Kier alpha value is -1.99. The Bertz CT molecular complexity index is 2730. The average molecular weight is 1400 g/mol. The molecule has 0 radical (unpaired) electrons. The Morgan fingerprint density at radius 1 is 0.495 bits per heavy atom. The van der Waals surface area contributed by atoms with Gasteiger partial charge < -0.3 is 154 Å². The van der Waals surface area contributed by atoms with Crippen molar-refractivity contribution in [3.63, 3.8) is 0 Å². The van der Waals surface area contributed by atoms with Gasteiger partial charge in [0.15, 0.2) is 31.5 Å². The maximum atomic E-state index is 15.3. The molecule has 5 aliphatic carbocycles. The zero-order valence-electron chi connectivity index (χ0n) is 55.9. The minimum Gasteiger partial charge on any atom is -0.432 e. The van der Waals surface area contributed by atoms with Gasteiger partial charge in [0.2, 0.25) is 6.29 Å². The van der Waals surface area contributed by atoms with Crippen molar-refractivity contribution in [2.24, 2.45) is 50.7 Å². The second kappa shape index (κ2) is 28.5. The Morgan fingerprint density at radius 2 is 1.03 bits per heavy atom. The van der Waals surface area contributed by atoms with Crippen LogP contribution in [0, 0.1) is 50.7 Å². The molecule has 0 spiro atoms. The highest BCUT2D eigenvalue weighted by atomic mass is 16.8. The molecule has 97 heavy (non-hydrogen) atoms. The van der Waals surface area contributed by atoms with Crippen LogP contribution in [0.4, 0.5) is 0 Å². The SMILES string of the molecule is CC1OC(OC2C(OC3CCC4(C)C(CCC5(C)C4CC=C4C6C(C(=O)OC7OC(COC8OC(CO)C(O)C(O)C8O)C(O)C(O)C7O)(CCC(C)C6(C)O)CCC45C)C3(C)C)OCC(O)C2O)C(O)C(OC2OC(CO)C(OC3OC(CO)C(O)C(O)C3O)C(O)C2O)C1O. The number of rotatable bonds is 16. The number of carbonyl (C=O) groups excluding carboxylic acids is 1. The zero-order chi connectivity index (χ0) is 70.9. The molecule has 11 rings (SSSR count). The number of hydrogen-bond donors (Lipinski definition) is 19. The second-order valence-corrected chi connectivity index (χ2v) is 31.1. The molecule has 4 saturated carbocycles. The predicted molar refractivity (Wildman–Crippen MR) is 322 cm³/mol. The number of carbonyl (C=O) groups is 1. The number of aliphatic hydroxyl groups excluding tert-OH is 18. The van der Waals surface area contributed by atoms with Crippen LogP contribution in [0.25, 0.3) is 0 Å². The summed E-state index contributed by atoms with van der Waals surface area (Å²) in [5.41, 5.74) is -3.75. The molecular formula is C65H106O32. The summed E-state index contributed by atoms with van der Waals surface area (Å²) in [6, 6.07) is 0. The molecule has 10 fully saturated rings. The van der Waals surface area contributed by atoms with Gasteiger partial charge in [-0.3, -0.25) is 4.79 Å². The molecule has 0 aromatic rings. The summed E-state index contributed by atoms with van der Waals surface area (Å²) >= 11 is 0. The van der Waals surface area contributed by atoms with Crippen molar-refractivity contribution < 1.29 is 159 Å². The van der Waals surface area contributed by atoms with E-state index in [1.54, 1.807) is 6.92 Å². The largest absolute Gasteiger partial charge is 0.432 e. The van der Waals surface area contributed by atoms with Gasteiger partial charge in [-0.25, -0.2) is 0 Å². The maximum Gasteiger partial charge on any atom is 0.315 e. The van der Waals surface area contributed by atoms with Gasteiger partial charge in [-0.05, 0) is 111 Å². The lowest BCUT2D eigenvalue weighted by atomic mass is 9.33. The molecule has 11 aliphatic rings. The van der Waals surface area contributed by atoms with E-state index in [-0.39, 0.29) is 36.2 Å². The summed E-state index contributed by atoms with van der Waals surface area (Å²) in [7, 11) is 0. The highest BCUT2D eigenvalue weighted by molar-refractivity contribution is 5.79. The highest BCUT2D eigenvalue weighted by Gasteiger charge is 2.72. The number of aliphatic hydroxyl groups is 19. The summed E-state index contributed by atoms with van der Waals surface area (Å²) in [6.07, 6.45) is -43.0. The molecule has 6 saturated heterocycles. The Balaban J connectivity index is 0.772. The monoisotopic (exact) mass is 1400 g/mol. The quantitative estimate of drug-likeness (QED) is 0.0389. The van der Waals surface area contributed by atoms with Crippen LogP contribution in [-0.4, -0.2) is 326 Å². The van der Waals surface area contributed by atoms with E-state index in [0.717, 1.165) is 18.4 Å². The molecule has 0 aromatic carbocycles. The van der Waals surface area contributed by atoms with Crippen LogP contribution in [0.5, 0.6) is 0 Å². The Morgan fingerprint density at radius 3 is 1.66 bits per heavy atom. The molecule has 0 bridgehead atoms. The molecule has 6 aliphatic heterocycles. The van der Waals surface area contributed by atoms with E-state index >= 15 is 4.79 Å². The highest BCUT2D eigenvalue weighted by Crippen LogP contribution is 2.76. The first-order chi connectivity index (χ1) is 45.5. The van der Waals surface area contributed by atoms with E-state index in [1.165, 1.54) is 6.92 Å². The molecule has 0 amide bonds. The fourth-order valence-corrected chi connectivity index (χ4v) is 19.3. The lowest BCUT2D eigenvalue weighted by Gasteiger charge is -2.72. The first-order valence-electron chi connectivity index (χ1n) is 34.3. The molecule has 39 atom stereocenters. The third-order valence-electron chi connectivity index (χ3n) is 25.6. The molecule has 39 unspecified atom stereocenters. The van der Waals surface area contributed by atoms with Crippen molar-refractivity contribution in [2.75, 3.05) is 33.0 Å². The fraction of sp³-hybridized carbons (Fsp3) is 0.954. The van der Waals surface area contributed by atoms with E-state index < -0.39 is 250 Å². The van der Waals surface area contributed by atoms with Crippen LogP contribution in [0.3, 0.4) is 0 Å². The number of ether oxygens (including phenoxy) is 12. The number of fused-ring (bicyclic) bond motifs is 7. The number of allylic oxidation sites excluding steroid dienone is 1. The third-order valence-corrected chi connectivity index (χ3v) is 25.6. The van der Waals surface area contributed by atoms with Crippen molar-refractivity contribution in [1.82, 2.24) is 0 Å². The van der Waals surface area contributed by atoms with Gasteiger partial charge in [0.25, 0.3) is 0 Å². The first-order valence-corrected chi connectivity index (χ1v) is 34.3. The summed E-state index contributed by atoms with van der Waals surface area (Å²) < 4.78 is 71.3. The molecule has 32 heteroatoms. The van der Waals surface area contributed by atoms with E-state index in [9.17, 15) is 97.0 Å². The zero-order valence-corrected chi connectivity index (χ0v) is 55.9. The van der Waals surface area contributed by atoms with Crippen LogP contribution >= 0.6 is 0 Å². The summed E-state index contributed by atoms with van der Waals surface area (Å²) in [5, 5.41) is 207. The lowest BCUT2D eigenvalue weighted by molar-refractivity contribution is -0.390. The van der Waals surface area contributed by atoms with Gasteiger partial charge in [-0.2, -0.15) is 0 Å². The van der Waals surface area contributed by atoms with Gasteiger partial charge in [0.05, 0.1) is 56.3 Å². The van der Waals surface area contributed by atoms with Crippen LogP contribution < -0.4 is 0 Å². The van der Waals surface area contributed by atoms with E-state index in [4.69, 9.17) is 56.8 Å². The Labute approximate surface area is 561 Å². The second-order valence-electron chi connectivity index (χ2n) is 31.1. The van der Waals surface area contributed by atoms with Gasteiger partial charge in [0.1, 0.15) is 134 Å². The van der Waals surface area contributed by atoms with Crippen LogP contribution in [0.2, 0.25) is 0 Å². The standard InChI is InChI=1S/C65H106O32/c1-24-11-16-65(59(84)97-56-46(81)42(77)39(74)31(92-56)23-87-53-44(79)40(75)37(72)28(19-66)89-53)18-17-62(6)26(52(65)64(24,8)85)9-10-33-61(5)14-13-34(60(3,4)32(61)12-15-63(33,62)7)93-58-51(36(71)27(69)22-86-58)96-57-48(83)50(35(70)25(2)88-57)95-55-47(82)43(78)49(30(21-68)91-55)94-54-45(80)41(76)38(73)29(20-67)90-54/h9,24-25,27-58,66-83,85H,10-23H2,1-8H3. The first kappa shape index (κ1) is 76.1. The maximum absolute atomic E-state index is 15.3. The van der Waals surface area contributed by atoms with Crippen molar-refractivity contribution in [3.05, 3.63) is 11.6 Å². The Kier molecular flexibility index (Phi) is 22.4. The van der Waals surface area contributed by atoms with Crippen molar-refractivity contribution >= 4 is 5.97 Å². The number of esters is 1. The number of hydrogen-bond acceptors (Lipinski definition) is 32. The molecule has 32 nitrogen and oxygen atoms in total. The molecule has 558 valence electrons. The van der Waals surface area contributed by atoms with Crippen molar-refractivity contribution in [1.29, 1.82) is 0 Å². The minimum absolute atomic E-state index is 0.0196. The topological polar surface area (TPSA) is 512 Å². The van der Waals surface area contributed by atoms with Gasteiger partial charge >= 0.3 is 5.97 Å². The van der Waals surface area contributed by atoms with Crippen molar-refractivity contribution in [3.8, 4) is 0 Å². The van der Waals surface area contributed by atoms with E-state index in [2.05, 4.69) is 40.7 Å². The normalized spacial score (nSPS) is 55.5. The van der Waals surface area contributed by atoms with Crippen LogP contribution in [0.15, 0.2) is 11.6 Å². The summed E-state index contributed by atoms with van der Waals surface area (Å²) in [5.74, 6) is -1.72. The molecule has 6 heterocycles. The summed E-state index contributed by atoms with van der Waals surface area (Å²) in [6.45, 7) is 12.8. The fourth-order valence-electron chi connectivity index (χ4n) is 19.3.